The van der Waals surface area contributed by atoms with Crippen LogP contribution in [0.25, 0.3) is 11.0 Å². The molecule has 34 heavy (non-hydrogen) atoms. The average Bonchev–Trinajstić information content (AvgIpc) is 3.57. The number of amides is 2. The molecule has 3 aromatic carbocycles. The third kappa shape index (κ3) is 3.75. The van der Waals surface area contributed by atoms with Crippen molar-refractivity contribution in [3.63, 3.8) is 0 Å². The fourth-order valence-electron chi connectivity index (χ4n) is 4.62. The number of aryl methyl sites for hydroxylation is 2. The Hall–Kier alpha value is -4.26. The van der Waals surface area contributed by atoms with Crippen LogP contribution in [0.15, 0.2) is 65.3 Å². The maximum absolute atomic E-state index is 13.0. The molecule has 0 radical (unpaired) electrons. The lowest BCUT2D eigenvalue weighted by atomic mass is 10.0. The summed E-state index contributed by atoms with van der Waals surface area (Å²) in [5.41, 5.74) is 5.70. The number of fused-ring (bicyclic) bond motifs is 3. The number of carbonyl (C=O) groups is 2. The van der Waals surface area contributed by atoms with Gasteiger partial charge >= 0.3 is 0 Å². The largest absolute Gasteiger partial charge is 0.464 e. The summed E-state index contributed by atoms with van der Waals surface area (Å²) < 4.78 is 16.4. The molecule has 7 nitrogen and oxygen atoms in total. The minimum atomic E-state index is -0.334. The molecule has 0 saturated carbocycles. The van der Waals surface area contributed by atoms with Crippen LogP contribution in [0.1, 0.15) is 33.5 Å². The van der Waals surface area contributed by atoms with E-state index in [4.69, 9.17) is 13.9 Å². The summed E-state index contributed by atoms with van der Waals surface area (Å²) in [7, 11) is 0. The summed E-state index contributed by atoms with van der Waals surface area (Å²) >= 11 is 0. The monoisotopic (exact) mass is 454 g/mol. The van der Waals surface area contributed by atoms with Gasteiger partial charge in [-0.2, -0.15) is 0 Å². The molecule has 1 aliphatic heterocycles. The quantitative estimate of drug-likeness (QED) is 0.439. The Balaban J connectivity index is 1.18. The van der Waals surface area contributed by atoms with Gasteiger partial charge in [-0.15, -0.1) is 0 Å². The van der Waals surface area contributed by atoms with Gasteiger partial charge in [0.05, 0.1) is 23.9 Å². The Morgan fingerprint density at radius 2 is 1.71 bits per heavy atom. The van der Waals surface area contributed by atoms with Gasteiger partial charge in [-0.25, -0.2) is 0 Å². The Kier molecular flexibility index (Phi) is 4.95. The van der Waals surface area contributed by atoms with Gasteiger partial charge in [-0.1, -0.05) is 12.1 Å². The van der Waals surface area contributed by atoms with Crippen molar-refractivity contribution >= 4 is 34.2 Å². The first-order valence-corrected chi connectivity index (χ1v) is 11.3. The van der Waals surface area contributed by atoms with Crippen LogP contribution in [-0.2, 0) is 24.1 Å². The zero-order chi connectivity index (χ0) is 23.1. The number of rotatable bonds is 5. The highest BCUT2D eigenvalue weighted by atomic mass is 16.7. The highest BCUT2D eigenvalue weighted by Gasteiger charge is 2.19. The summed E-state index contributed by atoms with van der Waals surface area (Å²) in [5, 5.41) is 6.72. The molecular weight excluding hydrogens is 432 g/mol. The number of hydrogen-bond donors (Lipinski definition) is 2. The molecule has 170 valence electrons. The van der Waals surface area contributed by atoms with Crippen LogP contribution in [0.4, 0.5) is 11.4 Å². The molecule has 0 unspecified atom stereocenters. The van der Waals surface area contributed by atoms with Crippen molar-refractivity contribution in [2.24, 2.45) is 0 Å². The molecular formula is C27H22N2O5. The first-order valence-electron chi connectivity index (χ1n) is 11.3. The lowest BCUT2D eigenvalue weighted by molar-refractivity contribution is -0.115. The molecule has 2 heterocycles. The highest BCUT2D eigenvalue weighted by molar-refractivity contribution is 6.10. The van der Waals surface area contributed by atoms with Gasteiger partial charge in [0.25, 0.3) is 5.91 Å². The van der Waals surface area contributed by atoms with Crippen molar-refractivity contribution in [1.82, 2.24) is 0 Å². The fraction of sp³-hybridized carbons (Fsp3) is 0.185. The molecule has 0 fully saturated rings. The van der Waals surface area contributed by atoms with E-state index in [2.05, 4.69) is 22.8 Å². The zero-order valence-electron chi connectivity index (χ0n) is 18.4. The van der Waals surface area contributed by atoms with Crippen LogP contribution in [0.5, 0.6) is 11.5 Å². The second kappa shape index (κ2) is 8.26. The number of nitrogens with one attached hydrogen (secondary N) is 2. The van der Waals surface area contributed by atoms with Crippen molar-refractivity contribution in [3.8, 4) is 11.5 Å². The van der Waals surface area contributed by atoms with Gasteiger partial charge in [-0.3, -0.25) is 9.59 Å². The number of ether oxygens (including phenoxy) is 2. The third-order valence-corrected chi connectivity index (χ3v) is 6.30. The summed E-state index contributed by atoms with van der Waals surface area (Å²) in [6.07, 6.45) is 5.10. The molecule has 4 aromatic rings. The van der Waals surface area contributed by atoms with Crippen LogP contribution in [-0.4, -0.2) is 18.6 Å². The van der Waals surface area contributed by atoms with Crippen LogP contribution in [0.2, 0.25) is 0 Å². The molecule has 0 saturated heterocycles. The lowest BCUT2D eigenvalue weighted by Crippen LogP contribution is -2.19. The Labute approximate surface area is 195 Å². The molecule has 7 heteroatoms. The van der Waals surface area contributed by atoms with E-state index in [-0.39, 0.29) is 25.0 Å². The Bertz CT molecular complexity index is 1440. The molecule has 2 amide bonds. The van der Waals surface area contributed by atoms with E-state index in [1.54, 1.807) is 48.7 Å². The molecule has 2 N–H and O–H groups in total. The summed E-state index contributed by atoms with van der Waals surface area (Å²) in [6.45, 7) is 0.163. The second-order valence-corrected chi connectivity index (χ2v) is 8.52. The molecule has 6 rings (SSSR count). The van der Waals surface area contributed by atoms with Crippen LogP contribution in [0, 0.1) is 0 Å². The SMILES string of the molecule is O=C(Cc1coc2cc3c(cc12)CCC3)Nc1ccccc1C(=O)Nc1ccc2c(c1)OCO2. The maximum atomic E-state index is 13.0. The van der Waals surface area contributed by atoms with E-state index in [0.717, 1.165) is 35.8 Å². The molecule has 0 spiro atoms. The minimum absolute atomic E-state index is 0.157. The van der Waals surface area contributed by atoms with E-state index >= 15 is 0 Å². The molecule has 0 bridgehead atoms. The molecule has 1 aromatic heterocycles. The van der Waals surface area contributed by atoms with Crippen LogP contribution in [0.3, 0.4) is 0 Å². The minimum Gasteiger partial charge on any atom is -0.464 e. The summed E-state index contributed by atoms with van der Waals surface area (Å²) in [6, 6.07) is 16.4. The van der Waals surface area contributed by atoms with E-state index < -0.39 is 0 Å². The maximum Gasteiger partial charge on any atom is 0.257 e. The van der Waals surface area contributed by atoms with E-state index in [9.17, 15) is 9.59 Å². The Morgan fingerprint density at radius 3 is 2.62 bits per heavy atom. The van der Waals surface area contributed by atoms with Crippen molar-refractivity contribution in [1.29, 1.82) is 0 Å². The number of benzene rings is 3. The van der Waals surface area contributed by atoms with Crippen LogP contribution < -0.4 is 20.1 Å². The predicted molar refractivity (Wildman–Crippen MR) is 128 cm³/mol. The van der Waals surface area contributed by atoms with Gasteiger partial charge in [0.1, 0.15) is 5.58 Å². The number of anilines is 2. The van der Waals surface area contributed by atoms with Gasteiger partial charge in [-0.05, 0) is 66.8 Å². The molecule has 0 atom stereocenters. The van der Waals surface area contributed by atoms with E-state index in [1.165, 1.54) is 11.1 Å². The van der Waals surface area contributed by atoms with Crippen LogP contribution >= 0.6 is 0 Å². The van der Waals surface area contributed by atoms with Gasteiger partial charge in [0.2, 0.25) is 12.7 Å². The summed E-state index contributed by atoms with van der Waals surface area (Å²) in [4.78, 5) is 25.9. The number of hydrogen-bond acceptors (Lipinski definition) is 5. The van der Waals surface area contributed by atoms with Crippen molar-refractivity contribution in [3.05, 3.63) is 83.1 Å². The lowest BCUT2D eigenvalue weighted by Gasteiger charge is -2.12. The third-order valence-electron chi connectivity index (χ3n) is 6.30. The van der Waals surface area contributed by atoms with Gasteiger partial charge in [0.15, 0.2) is 11.5 Å². The first kappa shape index (κ1) is 20.4. The zero-order valence-corrected chi connectivity index (χ0v) is 18.4. The van der Waals surface area contributed by atoms with Crippen molar-refractivity contribution in [2.45, 2.75) is 25.7 Å². The Morgan fingerprint density at radius 1 is 0.882 bits per heavy atom. The fourth-order valence-corrected chi connectivity index (χ4v) is 4.62. The normalized spacial score (nSPS) is 13.6. The standard InChI is InChI=1S/C27H22N2O5/c30-26(12-18-14-32-24-11-17-5-3-4-16(17)10-21(18)24)29-22-7-2-1-6-20(22)27(31)28-19-8-9-23-25(13-19)34-15-33-23/h1-2,6-11,13-14H,3-5,12,15H2,(H,28,31)(H,29,30). The number of carbonyl (C=O) groups excluding carboxylic acids is 2. The number of furan rings is 1. The van der Waals surface area contributed by atoms with Gasteiger partial charge in [0, 0.05) is 22.7 Å². The van der Waals surface area contributed by atoms with Crippen molar-refractivity contribution in [2.75, 3.05) is 17.4 Å². The second-order valence-electron chi connectivity index (χ2n) is 8.52. The smallest absolute Gasteiger partial charge is 0.257 e. The van der Waals surface area contributed by atoms with Gasteiger partial charge < -0.3 is 24.5 Å². The predicted octanol–water partition coefficient (Wildman–Crippen LogP) is 5.08. The molecule has 2 aliphatic rings. The van der Waals surface area contributed by atoms with Crippen molar-refractivity contribution < 1.29 is 23.5 Å². The summed E-state index contributed by atoms with van der Waals surface area (Å²) in [5.74, 6) is 0.672. The number of para-hydroxylation sites is 1. The first-order chi connectivity index (χ1) is 16.6. The van der Waals surface area contributed by atoms with E-state index in [0.29, 0.717) is 28.4 Å². The van der Waals surface area contributed by atoms with E-state index in [1.807, 2.05) is 0 Å². The highest BCUT2D eigenvalue weighted by Crippen LogP contribution is 2.34. The average molecular weight is 454 g/mol. The molecule has 1 aliphatic carbocycles. The topological polar surface area (TPSA) is 89.8 Å².